The van der Waals surface area contributed by atoms with Crippen molar-refractivity contribution in [1.29, 1.82) is 0 Å². The molecule has 0 saturated heterocycles. The molecular formula is C8H15N. The highest BCUT2D eigenvalue weighted by Gasteiger charge is 2.25. The van der Waals surface area contributed by atoms with Gasteiger partial charge in [-0.3, -0.25) is 0 Å². The molecule has 0 heterocycles. The monoisotopic (exact) mass is 125 g/mol. The third-order valence-electron chi connectivity index (χ3n) is 2.19. The lowest BCUT2D eigenvalue weighted by Gasteiger charge is -2.15. The summed E-state index contributed by atoms with van der Waals surface area (Å²) in [5, 5.41) is 0. The van der Waals surface area contributed by atoms with Crippen molar-refractivity contribution in [2.45, 2.75) is 32.6 Å². The van der Waals surface area contributed by atoms with Gasteiger partial charge < -0.3 is 4.99 Å². The van der Waals surface area contributed by atoms with Crippen LogP contribution in [-0.2, 0) is 0 Å². The Hall–Kier alpha value is -0.330. The SMILES string of the molecule is C/N=C\C1(C)CCCC1. The largest absolute Gasteiger partial charge is 0.300 e. The summed E-state index contributed by atoms with van der Waals surface area (Å²) < 4.78 is 0. The van der Waals surface area contributed by atoms with Gasteiger partial charge in [0.05, 0.1) is 0 Å². The van der Waals surface area contributed by atoms with Crippen molar-refractivity contribution in [3.8, 4) is 0 Å². The number of nitrogens with zero attached hydrogens (tertiary/aromatic N) is 1. The van der Waals surface area contributed by atoms with Crippen molar-refractivity contribution >= 4 is 6.21 Å². The molecule has 0 radical (unpaired) electrons. The van der Waals surface area contributed by atoms with E-state index in [4.69, 9.17) is 0 Å². The fraction of sp³-hybridized carbons (Fsp3) is 0.875. The molecule has 1 fully saturated rings. The van der Waals surface area contributed by atoms with E-state index in [1.165, 1.54) is 25.7 Å². The Kier molecular flexibility index (Phi) is 1.89. The fourth-order valence-electron chi connectivity index (χ4n) is 1.62. The molecule has 0 aromatic heterocycles. The molecule has 0 unspecified atom stereocenters. The Morgan fingerprint density at radius 3 is 2.33 bits per heavy atom. The summed E-state index contributed by atoms with van der Waals surface area (Å²) in [5.74, 6) is 0. The molecule has 0 aromatic rings. The van der Waals surface area contributed by atoms with Crippen LogP contribution in [-0.4, -0.2) is 13.3 Å². The molecule has 1 saturated carbocycles. The summed E-state index contributed by atoms with van der Waals surface area (Å²) >= 11 is 0. The highest BCUT2D eigenvalue weighted by molar-refractivity contribution is 5.65. The molecule has 1 aliphatic carbocycles. The molecule has 0 bridgehead atoms. The van der Waals surface area contributed by atoms with Crippen molar-refractivity contribution in [3.05, 3.63) is 0 Å². The van der Waals surface area contributed by atoms with Gasteiger partial charge in [0.25, 0.3) is 0 Å². The maximum atomic E-state index is 4.06. The molecule has 1 aliphatic rings. The molecule has 0 amide bonds. The molecule has 9 heavy (non-hydrogen) atoms. The Bertz CT molecular complexity index is 110. The third-order valence-corrected chi connectivity index (χ3v) is 2.19. The molecular weight excluding hydrogens is 110 g/mol. The summed E-state index contributed by atoms with van der Waals surface area (Å²) in [6.07, 6.45) is 7.57. The highest BCUT2D eigenvalue weighted by Crippen LogP contribution is 2.35. The molecule has 0 atom stereocenters. The van der Waals surface area contributed by atoms with Gasteiger partial charge in [-0.2, -0.15) is 0 Å². The van der Waals surface area contributed by atoms with Crippen molar-refractivity contribution in [2.75, 3.05) is 7.05 Å². The number of hydrogen-bond donors (Lipinski definition) is 0. The molecule has 1 rings (SSSR count). The maximum Gasteiger partial charge on any atom is 0.0273 e. The van der Waals surface area contributed by atoms with E-state index in [0.29, 0.717) is 5.41 Å². The number of rotatable bonds is 1. The zero-order valence-corrected chi connectivity index (χ0v) is 6.35. The van der Waals surface area contributed by atoms with Crippen molar-refractivity contribution in [3.63, 3.8) is 0 Å². The van der Waals surface area contributed by atoms with Gasteiger partial charge in [0.15, 0.2) is 0 Å². The van der Waals surface area contributed by atoms with E-state index in [1.807, 2.05) is 7.05 Å². The Balaban J connectivity index is 2.51. The average Bonchev–Trinajstić information content (AvgIpc) is 2.16. The summed E-state index contributed by atoms with van der Waals surface area (Å²) in [6.45, 7) is 2.30. The second kappa shape index (κ2) is 2.51. The average molecular weight is 125 g/mol. The fourth-order valence-corrected chi connectivity index (χ4v) is 1.62. The Morgan fingerprint density at radius 1 is 1.33 bits per heavy atom. The van der Waals surface area contributed by atoms with Crippen LogP contribution in [0.3, 0.4) is 0 Å². The highest BCUT2D eigenvalue weighted by atomic mass is 14.7. The van der Waals surface area contributed by atoms with Gasteiger partial charge in [0, 0.05) is 18.7 Å². The van der Waals surface area contributed by atoms with Crippen LogP contribution < -0.4 is 0 Å². The minimum Gasteiger partial charge on any atom is -0.300 e. The quantitative estimate of drug-likeness (QED) is 0.477. The molecule has 0 aromatic carbocycles. The molecule has 1 nitrogen and oxygen atoms in total. The van der Waals surface area contributed by atoms with Gasteiger partial charge in [-0.1, -0.05) is 19.8 Å². The van der Waals surface area contributed by atoms with Crippen LogP contribution in [0.1, 0.15) is 32.6 Å². The van der Waals surface area contributed by atoms with Crippen molar-refractivity contribution in [1.82, 2.24) is 0 Å². The molecule has 1 heteroatoms. The smallest absolute Gasteiger partial charge is 0.0273 e. The molecule has 0 N–H and O–H groups in total. The van der Waals surface area contributed by atoms with Gasteiger partial charge in [0.1, 0.15) is 0 Å². The second-order valence-corrected chi connectivity index (χ2v) is 3.25. The molecule has 0 aliphatic heterocycles. The van der Waals surface area contributed by atoms with Gasteiger partial charge in [0.2, 0.25) is 0 Å². The normalized spacial score (nSPS) is 25.6. The van der Waals surface area contributed by atoms with Crippen molar-refractivity contribution in [2.24, 2.45) is 10.4 Å². The summed E-state index contributed by atoms with van der Waals surface area (Å²) in [7, 11) is 1.86. The minimum absolute atomic E-state index is 0.453. The van der Waals surface area contributed by atoms with Gasteiger partial charge in [-0.05, 0) is 12.8 Å². The zero-order valence-electron chi connectivity index (χ0n) is 6.35. The van der Waals surface area contributed by atoms with Crippen LogP contribution in [0.5, 0.6) is 0 Å². The van der Waals surface area contributed by atoms with E-state index < -0.39 is 0 Å². The topological polar surface area (TPSA) is 12.4 Å². The number of hydrogen-bond acceptors (Lipinski definition) is 1. The van der Waals surface area contributed by atoms with Gasteiger partial charge in [-0.15, -0.1) is 0 Å². The summed E-state index contributed by atoms with van der Waals surface area (Å²) in [5.41, 5.74) is 0.453. The predicted molar refractivity (Wildman–Crippen MR) is 41.0 cm³/mol. The van der Waals surface area contributed by atoms with E-state index in [1.54, 1.807) is 0 Å². The second-order valence-electron chi connectivity index (χ2n) is 3.25. The van der Waals surface area contributed by atoms with Crippen molar-refractivity contribution < 1.29 is 0 Å². The first-order valence-corrected chi connectivity index (χ1v) is 3.70. The lowest BCUT2D eigenvalue weighted by atomic mass is 9.91. The van der Waals surface area contributed by atoms with Crippen LogP contribution in [0.15, 0.2) is 4.99 Å². The molecule has 52 valence electrons. The predicted octanol–water partition coefficient (Wildman–Crippen LogP) is 2.27. The lowest BCUT2D eigenvalue weighted by Crippen LogP contribution is -2.11. The zero-order chi connectivity index (χ0) is 6.74. The first-order chi connectivity index (χ1) is 4.27. The van der Waals surface area contributed by atoms with E-state index in [0.717, 1.165) is 0 Å². The maximum absolute atomic E-state index is 4.06. The van der Waals surface area contributed by atoms with Gasteiger partial charge >= 0.3 is 0 Å². The number of aliphatic imine (C=N–C) groups is 1. The van der Waals surface area contributed by atoms with Gasteiger partial charge in [-0.25, -0.2) is 0 Å². The van der Waals surface area contributed by atoms with E-state index >= 15 is 0 Å². The Morgan fingerprint density at radius 2 is 1.89 bits per heavy atom. The first kappa shape index (κ1) is 6.79. The summed E-state index contributed by atoms with van der Waals surface area (Å²) in [4.78, 5) is 4.06. The van der Waals surface area contributed by atoms with Crippen LogP contribution in [0.4, 0.5) is 0 Å². The minimum atomic E-state index is 0.453. The lowest BCUT2D eigenvalue weighted by molar-refractivity contribution is 0.499. The Labute approximate surface area is 57.2 Å². The van der Waals surface area contributed by atoms with E-state index in [9.17, 15) is 0 Å². The molecule has 0 spiro atoms. The van der Waals surface area contributed by atoms with Crippen LogP contribution in [0, 0.1) is 5.41 Å². The first-order valence-electron chi connectivity index (χ1n) is 3.70. The van der Waals surface area contributed by atoms with Crippen LogP contribution in [0.25, 0.3) is 0 Å². The van der Waals surface area contributed by atoms with E-state index in [-0.39, 0.29) is 0 Å². The summed E-state index contributed by atoms with van der Waals surface area (Å²) in [6, 6.07) is 0. The van der Waals surface area contributed by atoms with Crippen LogP contribution in [0.2, 0.25) is 0 Å². The van der Waals surface area contributed by atoms with Crippen LogP contribution >= 0.6 is 0 Å². The third kappa shape index (κ3) is 1.54. The van der Waals surface area contributed by atoms with E-state index in [2.05, 4.69) is 18.1 Å². The standard InChI is InChI=1S/C8H15N/c1-8(7-9-2)5-3-4-6-8/h7H,3-6H2,1-2H3/b9-7-.